The van der Waals surface area contributed by atoms with Gasteiger partial charge in [-0.2, -0.15) is 12.6 Å². The minimum Gasteiger partial charge on any atom is -0.253 e. The Morgan fingerprint density at radius 2 is 1.81 bits per heavy atom. The maximum Gasteiger partial charge on any atom is 0.0705 e. The van der Waals surface area contributed by atoms with Crippen LogP contribution in [-0.4, -0.2) is 4.98 Å². The smallest absolute Gasteiger partial charge is 0.0705 e. The molecule has 1 heterocycles. The quantitative estimate of drug-likeness (QED) is 0.790. The van der Waals surface area contributed by atoms with Crippen LogP contribution in [0.4, 0.5) is 0 Å². The molecule has 0 atom stereocenters. The van der Waals surface area contributed by atoms with Crippen LogP contribution < -0.4 is 0 Å². The van der Waals surface area contributed by atoms with Gasteiger partial charge in [-0.15, -0.1) is 0 Å². The van der Waals surface area contributed by atoms with E-state index in [1.54, 1.807) is 0 Å². The summed E-state index contributed by atoms with van der Waals surface area (Å²) in [7, 11) is 0. The zero-order chi connectivity index (χ0) is 11.5. The number of aromatic nitrogens is 1. The average molecular weight is 250 g/mol. The first-order chi connectivity index (χ1) is 7.70. The molecule has 82 valence electrons. The van der Waals surface area contributed by atoms with Crippen LogP contribution >= 0.6 is 24.2 Å². The van der Waals surface area contributed by atoms with Gasteiger partial charge in [0.15, 0.2) is 0 Å². The molecule has 0 spiro atoms. The van der Waals surface area contributed by atoms with E-state index < -0.39 is 0 Å². The van der Waals surface area contributed by atoms with Gasteiger partial charge >= 0.3 is 0 Å². The Kier molecular flexibility index (Phi) is 3.52. The topological polar surface area (TPSA) is 12.9 Å². The molecule has 0 aliphatic heterocycles. The van der Waals surface area contributed by atoms with Gasteiger partial charge < -0.3 is 0 Å². The van der Waals surface area contributed by atoms with Crippen molar-refractivity contribution in [3.63, 3.8) is 0 Å². The molecule has 0 bridgehead atoms. The van der Waals surface area contributed by atoms with Crippen LogP contribution in [0.5, 0.6) is 0 Å². The van der Waals surface area contributed by atoms with Crippen molar-refractivity contribution in [2.24, 2.45) is 0 Å². The van der Waals surface area contributed by atoms with E-state index in [0.29, 0.717) is 0 Å². The number of pyridine rings is 1. The number of aryl methyl sites for hydroxylation is 1. The Balaban J connectivity index is 2.41. The summed E-state index contributed by atoms with van der Waals surface area (Å²) in [5, 5.41) is 0.743. The fourth-order valence-corrected chi connectivity index (χ4v) is 2.00. The van der Waals surface area contributed by atoms with Crippen molar-refractivity contribution in [3.05, 3.63) is 52.7 Å². The SMILES string of the molecule is Cc1nc(-c2ccc(Cl)cc2)ccc1CS. The van der Waals surface area contributed by atoms with Gasteiger partial charge in [0.25, 0.3) is 0 Å². The van der Waals surface area contributed by atoms with Crippen molar-refractivity contribution >= 4 is 24.2 Å². The van der Waals surface area contributed by atoms with Gasteiger partial charge in [-0.05, 0) is 30.7 Å². The average Bonchev–Trinajstić information content (AvgIpc) is 2.30. The molecule has 2 rings (SSSR count). The van der Waals surface area contributed by atoms with Crippen molar-refractivity contribution < 1.29 is 0 Å². The van der Waals surface area contributed by atoms with Crippen LogP contribution in [0.25, 0.3) is 11.3 Å². The lowest BCUT2D eigenvalue weighted by atomic mass is 10.1. The Hall–Kier alpha value is -0.990. The van der Waals surface area contributed by atoms with E-state index >= 15 is 0 Å². The highest BCUT2D eigenvalue weighted by atomic mass is 35.5. The van der Waals surface area contributed by atoms with Crippen LogP contribution in [0.3, 0.4) is 0 Å². The normalized spacial score (nSPS) is 10.4. The molecule has 0 aliphatic carbocycles. The van der Waals surface area contributed by atoms with Crippen LogP contribution in [0.15, 0.2) is 36.4 Å². The van der Waals surface area contributed by atoms with E-state index in [1.807, 2.05) is 37.3 Å². The first kappa shape index (κ1) is 11.5. The van der Waals surface area contributed by atoms with Crippen LogP contribution in [0.1, 0.15) is 11.3 Å². The van der Waals surface area contributed by atoms with Gasteiger partial charge in [0.05, 0.1) is 5.69 Å². The van der Waals surface area contributed by atoms with E-state index in [0.717, 1.165) is 27.7 Å². The Bertz CT molecular complexity index is 494. The lowest BCUT2D eigenvalue weighted by Crippen LogP contribution is -1.92. The predicted octanol–water partition coefficient (Wildman–Crippen LogP) is 4.14. The molecule has 0 radical (unpaired) electrons. The van der Waals surface area contributed by atoms with E-state index in [4.69, 9.17) is 11.6 Å². The summed E-state index contributed by atoms with van der Waals surface area (Å²) in [6.07, 6.45) is 0. The van der Waals surface area contributed by atoms with Crippen molar-refractivity contribution in [1.29, 1.82) is 0 Å². The molecule has 0 N–H and O–H groups in total. The molecule has 16 heavy (non-hydrogen) atoms. The lowest BCUT2D eigenvalue weighted by Gasteiger charge is -2.05. The minimum atomic E-state index is 0.722. The van der Waals surface area contributed by atoms with E-state index in [-0.39, 0.29) is 0 Å². The Morgan fingerprint density at radius 1 is 1.12 bits per heavy atom. The third kappa shape index (κ3) is 2.39. The second-order valence-electron chi connectivity index (χ2n) is 3.61. The summed E-state index contributed by atoms with van der Waals surface area (Å²) in [5.41, 5.74) is 4.25. The summed E-state index contributed by atoms with van der Waals surface area (Å²) in [5.74, 6) is 0.722. The van der Waals surface area contributed by atoms with Crippen LogP contribution in [0, 0.1) is 6.92 Å². The Morgan fingerprint density at radius 3 is 2.38 bits per heavy atom. The van der Waals surface area contributed by atoms with Gasteiger partial charge in [-0.1, -0.05) is 29.8 Å². The zero-order valence-corrected chi connectivity index (χ0v) is 10.6. The molecule has 1 aromatic heterocycles. The van der Waals surface area contributed by atoms with Gasteiger partial charge in [0, 0.05) is 22.0 Å². The number of nitrogens with zero attached hydrogens (tertiary/aromatic N) is 1. The number of hydrogen-bond acceptors (Lipinski definition) is 2. The van der Waals surface area contributed by atoms with Crippen LogP contribution in [0.2, 0.25) is 5.02 Å². The van der Waals surface area contributed by atoms with Crippen molar-refractivity contribution in [2.75, 3.05) is 0 Å². The summed E-state index contributed by atoms with van der Waals surface area (Å²) in [4.78, 5) is 4.55. The maximum atomic E-state index is 5.85. The fraction of sp³-hybridized carbons (Fsp3) is 0.154. The molecule has 0 aliphatic rings. The second-order valence-corrected chi connectivity index (χ2v) is 4.36. The summed E-state index contributed by atoms with van der Waals surface area (Å²) in [6.45, 7) is 2.00. The Labute approximate surface area is 106 Å². The molecule has 0 fully saturated rings. The molecule has 0 unspecified atom stereocenters. The number of hydrogen-bond donors (Lipinski definition) is 1. The summed E-state index contributed by atoms with van der Waals surface area (Å²) < 4.78 is 0. The largest absolute Gasteiger partial charge is 0.253 e. The standard InChI is InChI=1S/C13H12ClNS/c1-9-11(8-16)4-7-13(15-9)10-2-5-12(14)6-3-10/h2-7,16H,8H2,1H3. The van der Waals surface area contributed by atoms with E-state index in [9.17, 15) is 0 Å². The molecular formula is C13H12ClNS. The number of benzene rings is 1. The van der Waals surface area contributed by atoms with Crippen molar-refractivity contribution in [1.82, 2.24) is 4.98 Å². The van der Waals surface area contributed by atoms with Gasteiger partial charge in [0.1, 0.15) is 0 Å². The first-order valence-electron chi connectivity index (χ1n) is 5.04. The molecule has 1 nitrogen and oxygen atoms in total. The van der Waals surface area contributed by atoms with Crippen molar-refractivity contribution in [2.45, 2.75) is 12.7 Å². The van der Waals surface area contributed by atoms with E-state index in [2.05, 4.69) is 23.7 Å². The number of rotatable bonds is 2. The minimum absolute atomic E-state index is 0.722. The molecule has 0 saturated heterocycles. The molecule has 2 aromatic rings. The number of thiol groups is 1. The van der Waals surface area contributed by atoms with Gasteiger partial charge in [-0.25, -0.2) is 0 Å². The molecule has 0 saturated carbocycles. The highest BCUT2D eigenvalue weighted by molar-refractivity contribution is 7.79. The molecule has 1 aromatic carbocycles. The van der Waals surface area contributed by atoms with Gasteiger partial charge in [0.2, 0.25) is 0 Å². The van der Waals surface area contributed by atoms with Gasteiger partial charge in [-0.3, -0.25) is 4.98 Å². The predicted molar refractivity (Wildman–Crippen MR) is 72.1 cm³/mol. The summed E-state index contributed by atoms with van der Waals surface area (Å²) in [6, 6.07) is 11.8. The molecular weight excluding hydrogens is 238 g/mol. The highest BCUT2D eigenvalue weighted by Crippen LogP contribution is 2.21. The third-order valence-corrected chi connectivity index (χ3v) is 3.10. The molecule has 3 heteroatoms. The van der Waals surface area contributed by atoms with E-state index in [1.165, 1.54) is 5.56 Å². The van der Waals surface area contributed by atoms with Crippen molar-refractivity contribution in [3.8, 4) is 11.3 Å². The lowest BCUT2D eigenvalue weighted by molar-refractivity contribution is 1.15. The first-order valence-corrected chi connectivity index (χ1v) is 6.05. The molecule has 0 amide bonds. The second kappa shape index (κ2) is 4.89. The third-order valence-electron chi connectivity index (χ3n) is 2.51. The monoisotopic (exact) mass is 249 g/mol. The van der Waals surface area contributed by atoms with Crippen LogP contribution in [-0.2, 0) is 5.75 Å². The summed E-state index contributed by atoms with van der Waals surface area (Å²) >= 11 is 10.1. The maximum absolute atomic E-state index is 5.85. The number of halogens is 1. The highest BCUT2D eigenvalue weighted by Gasteiger charge is 2.02. The fourth-order valence-electron chi connectivity index (χ4n) is 1.54. The zero-order valence-electron chi connectivity index (χ0n) is 8.94.